The predicted molar refractivity (Wildman–Crippen MR) is 358 cm³/mol. The van der Waals surface area contributed by atoms with Crippen LogP contribution in [-0.2, 0) is 28.6 Å². The molecule has 482 valence electrons. The largest absolute Gasteiger partial charge is 0.462 e. The average molecular weight is 1150 g/mol. The SMILES string of the molecule is CCCCC/C=C\C/C=C\CCCCCCCCCC(=O)OCC(COC(=O)CCCCCCCCCCCCCCCCCCC/C=C\CCCCCCCCCC)OC(=O)CCCCCCCCCCCCCCCCCCCC. The highest BCUT2D eigenvalue weighted by atomic mass is 16.6. The van der Waals surface area contributed by atoms with E-state index in [1.165, 1.54) is 302 Å². The van der Waals surface area contributed by atoms with Crippen LogP contribution in [0.5, 0.6) is 0 Å². The van der Waals surface area contributed by atoms with Crippen LogP contribution in [0.4, 0.5) is 0 Å². The average Bonchev–Trinajstić information content (AvgIpc) is 3.47. The summed E-state index contributed by atoms with van der Waals surface area (Å²) in [4.78, 5) is 38.5. The summed E-state index contributed by atoms with van der Waals surface area (Å²) >= 11 is 0. The minimum Gasteiger partial charge on any atom is -0.462 e. The maximum Gasteiger partial charge on any atom is 0.306 e. The van der Waals surface area contributed by atoms with Crippen molar-refractivity contribution in [2.45, 2.75) is 419 Å². The number of hydrogen-bond donors (Lipinski definition) is 0. The highest BCUT2D eigenvalue weighted by Gasteiger charge is 2.20. The molecule has 0 aromatic rings. The standard InChI is InChI=1S/C76H142O6/c1-4-7-10-13-16-19-22-25-28-31-33-34-35-36-37-38-39-40-41-42-43-46-48-51-54-57-60-63-66-69-75(78)81-72-73(71-80-74(77)68-65-62-59-56-53-50-47-44-30-27-24-21-18-15-12-9-6-3)82-76(79)70-67-64-61-58-55-52-49-45-32-29-26-23-20-17-14-11-8-5-2/h18,21,27,30-31,33,73H,4-17,19-20,22-26,28-29,32,34-72H2,1-3H3/b21-18-,30-27-,33-31-. The summed E-state index contributed by atoms with van der Waals surface area (Å²) in [5, 5.41) is 0. The first-order valence-electron chi connectivity index (χ1n) is 37.0. The molecule has 0 aliphatic carbocycles. The van der Waals surface area contributed by atoms with E-state index in [-0.39, 0.29) is 31.1 Å². The van der Waals surface area contributed by atoms with Gasteiger partial charge in [-0.3, -0.25) is 14.4 Å². The van der Waals surface area contributed by atoms with Gasteiger partial charge in [-0.15, -0.1) is 0 Å². The van der Waals surface area contributed by atoms with Crippen LogP contribution in [0.15, 0.2) is 36.5 Å². The van der Waals surface area contributed by atoms with Crippen molar-refractivity contribution in [3.05, 3.63) is 36.5 Å². The Kier molecular flexibility index (Phi) is 69.1. The van der Waals surface area contributed by atoms with Crippen molar-refractivity contribution in [3.63, 3.8) is 0 Å². The minimum atomic E-state index is -0.774. The van der Waals surface area contributed by atoms with Crippen molar-refractivity contribution in [1.29, 1.82) is 0 Å². The molecular formula is C76H142O6. The van der Waals surface area contributed by atoms with Crippen molar-refractivity contribution in [1.82, 2.24) is 0 Å². The molecule has 0 aromatic heterocycles. The highest BCUT2D eigenvalue weighted by Crippen LogP contribution is 2.19. The molecule has 0 amide bonds. The van der Waals surface area contributed by atoms with Crippen molar-refractivity contribution < 1.29 is 28.6 Å². The smallest absolute Gasteiger partial charge is 0.306 e. The second-order valence-electron chi connectivity index (χ2n) is 25.2. The third-order valence-electron chi connectivity index (χ3n) is 16.9. The van der Waals surface area contributed by atoms with Crippen LogP contribution in [0.1, 0.15) is 412 Å². The molecule has 0 radical (unpaired) electrons. The molecule has 0 aliphatic heterocycles. The second-order valence-corrected chi connectivity index (χ2v) is 25.2. The van der Waals surface area contributed by atoms with Gasteiger partial charge in [0.1, 0.15) is 13.2 Å². The number of carbonyl (C=O) groups excluding carboxylic acids is 3. The Morgan fingerprint density at radius 2 is 0.439 bits per heavy atom. The first-order chi connectivity index (χ1) is 40.5. The maximum atomic E-state index is 13.0. The summed E-state index contributed by atoms with van der Waals surface area (Å²) in [7, 11) is 0. The topological polar surface area (TPSA) is 78.9 Å². The second kappa shape index (κ2) is 71.1. The van der Waals surface area contributed by atoms with Gasteiger partial charge in [0.2, 0.25) is 0 Å². The minimum absolute atomic E-state index is 0.0688. The lowest BCUT2D eigenvalue weighted by Gasteiger charge is -2.18. The number of carbonyl (C=O) groups is 3. The zero-order chi connectivity index (χ0) is 59.2. The zero-order valence-corrected chi connectivity index (χ0v) is 55.5. The van der Waals surface area contributed by atoms with Gasteiger partial charge in [-0.25, -0.2) is 0 Å². The molecule has 0 spiro atoms. The molecule has 0 rings (SSSR count). The van der Waals surface area contributed by atoms with Crippen LogP contribution < -0.4 is 0 Å². The Bertz CT molecular complexity index is 1370. The first-order valence-corrected chi connectivity index (χ1v) is 37.0. The lowest BCUT2D eigenvalue weighted by molar-refractivity contribution is -0.167. The van der Waals surface area contributed by atoms with Gasteiger partial charge < -0.3 is 14.2 Å². The van der Waals surface area contributed by atoms with E-state index in [0.717, 1.165) is 70.6 Å². The molecule has 0 saturated heterocycles. The normalized spacial score (nSPS) is 12.2. The molecule has 0 bridgehead atoms. The quantitative estimate of drug-likeness (QED) is 0.0261. The number of allylic oxidation sites excluding steroid dienone is 6. The summed E-state index contributed by atoms with van der Waals surface area (Å²) in [6.07, 6.45) is 89.0. The molecule has 0 fully saturated rings. The third kappa shape index (κ3) is 68.4. The van der Waals surface area contributed by atoms with Crippen LogP contribution in [0.3, 0.4) is 0 Å². The molecule has 82 heavy (non-hydrogen) atoms. The Morgan fingerprint density at radius 3 is 0.707 bits per heavy atom. The van der Waals surface area contributed by atoms with Gasteiger partial charge in [0.05, 0.1) is 0 Å². The molecule has 0 saturated carbocycles. The van der Waals surface area contributed by atoms with Crippen molar-refractivity contribution >= 4 is 17.9 Å². The summed E-state index contributed by atoms with van der Waals surface area (Å²) < 4.78 is 17.0. The zero-order valence-electron chi connectivity index (χ0n) is 55.5. The van der Waals surface area contributed by atoms with Crippen molar-refractivity contribution in [2.24, 2.45) is 0 Å². The monoisotopic (exact) mass is 1150 g/mol. The lowest BCUT2D eigenvalue weighted by atomic mass is 10.0. The number of rotatable bonds is 69. The number of unbranched alkanes of at least 4 members (excludes halogenated alkanes) is 52. The van der Waals surface area contributed by atoms with Crippen LogP contribution in [0.2, 0.25) is 0 Å². The van der Waals surface area contributed by atoms with Gasteiger partial charge in [-0.2, -0.15) is 0 Å². The molecular weight excluding hydrogens is 1010 g/mol. The van der Waals surface area contributed by atoms with Crippen LogP contribution in [0, 0.1) is 0 Å². The van der Waals surface area contributed by atoms with Crippen LogP contribution >= 0.6 is 0 Å². The summed E-state index contributed by atoms with van der Waals surface area (Å²) in [5.74, 6) is -0.844. The molecule has 0 aliphatic rings. The molecule has 0 aromatic carbocycles. The van der Waals surface area contributed by atoms with Crippen molar-refractivity contribution in [2.75, 3.05) is 13.2 Å². The third-order valence-corrected chi connectivity index (χ3v) is 16.9. The van der Waals surface area contributed by atoms with Gasteiger partial charge in [0, 0.05) is 19.3 Å². The fourth-order valence-electron chi connectivity index (χ4n) is 11.3. The molecule has 1 unspecified atom stereocenters. The van der Waals surface area contributed by atoms with E-state index in [1.807, 2.05) is 0 Å². The van der Waals surface area contributed by atoms with Gasteiger partial charge in [0.25, 0.3) is 0 Å². The van der Waals surface area contributed by atoms with Gasteiger partial charge in [0.15, 0.2) is 6.10 Å². The predicted octanol–water partition coefficient (Wildman–Crippen LogP) is 25.5. The fourth-order valence-corrected chi connectivity index (χ4v) is 11.3. The summed E-state index contributed by atoms with van der Waals surface area (Å²) in [5.41, 5.74) is 0. The molecule has 0 heterocycles. The van der Waals surface area contributed by atoms with E-state index in [1.54, 1.807) is 0 Å². The van der Waals surface area contributed by atoms with Crippen LogP contribution in [0.25, 0.3) is 0 Å². The first kappa shape index (κ1) is 79.6. The Labute approximate surface area is 512 Å². The summed E-state index contributed by atoms with van der Waals surface area (Å²) in [6.45, 7) is 6.69. The Balaban J connectivity index is 4.22. The molecule has 0 N–H and O–H groups in total. The van der Waals surface area contributed by atoms with Crippen molar-refractivity contribution in [3.8, 4) is 0 Å². The van der Waals surface area contributed by atoms with E-state index >= 15 is 0 Å². The van der Waals surface area contributed by atoms with E-state index < -0.39 is 6.10 Å². The van der Waals surface area contributed by atoms with E-state index in [2.05, 4.69) is 57.2 Å². The fraction of sp³-hybridized carbons (Fsp3) is 0.882. The number of ether oxygens (including phenoxy) is 3. The number of hydrogen-bond acceptors (Lipinski definition) is 6. The van der Waals surface area contributed by atoms with Gasteiger partial charge in [-0.1, -0.05) is 353 Å². The highest BCUT2D eigenvalue weighted by molar-refractivity contribution is 5.71. The van der Waals surface area contributed by atoms with Gasteiger partial charge >= 0.3 is 17.9 Å². The van der Waals surface area contributed by atoms with Gasteiger partial charge in [-0.05, 0) is 77.0 Å². The lowest BCUT2D eigenvalue weighted by Crippen LogP contribution is -2.30. The van der Waals surface area contributed by atoms with E-state index in [0.29, 0.717) is 19.3 Å². The summed E-state index contributed by atoms with van der Waals surface area (Å²) in [6, 6.07) is 0. The van der Waals surface area contributed by atoms with E-state index in [9.17, 15) is 14.4 Å². The van der Waals surface area contributed by atoms with E-state index in [4.69, 9.17) is 14.2 Å². The Morgan fingerprint density at radius 1 is 0.244 bits per heavy atom. The molecule has 1 atom stereocenters. The Hall–Kier alpha value is -2.37. The molecule has 6 nitrogen and oxygen atoms in total. The van der Waals surface area contributed by atoms with Crippen LogP contribution in [-0.4, -0.2) is 37.2 Å². The number of esters is 3. The molecule has 6 heteroatoms. The maximum absolute atomic E-state index is 13.0.